The van der Waals surface area contributed by atoms with Crippen LogP contribution in [-0.2, 0) is 9.53 Å². The largest absolute Gasteiger partial charge is 0.466 e. The predicted octanol–water partition coefficient (Wildman–Crippen LogP) is 2.24. The van der Waals surface area contributed by atoms with Gasteiger partial charge in [-0.1, -0.05) is 24.3 Å². The molecule has 0 aromatic heterocycles. The quantitative estimate of drug-likeness (QED) is 0.562. The number of carbonyl (C=O) groups is 1. The van der Waals surface area contributed by atoms with E-state index in [1.165, 1.54) is 13.2 Å². The number of hydrogen-bond acceptors (Lipinski definition) is 3. The Balaban J connectivity index is 2.57. The number of carbonyl (C=O) groups excluding carboxylic acids is 1. The number of rotatable bonds is 5. The fraction of sp³-hybridized carbons (Fsp3) is 0.308. The minimum Gasteiger partial charge on any atom is -0.466 e. The van der Waals surface area contributed by atoms with E-state index < -0.39 is 0 Å². The molecule has 1 aromatic carbocycles. The molecule has 1 rings (SSSR count). The zero-order chi connectivity index (χ0) is 11.8. The Morgan fingerprint density at radius 3 is 2.62 bits per heavy atom. The summed E-state index contributed by atoms with van der Waals surface area (Å²) in [4.78, 5) is 13.1. The lowest BCUT2D eigenvalue weighted by atomic mass is 10.3. The third-order valence-corrected chi connectivity index (χ3v) is 2.28. The Bertz CT molecular complexity index is 346. The van der Waals surface area contributed by atoms with Crippen LogP contribution >= 0.6 is 0 Å². The molecule has 0 spiro atoms. The van der Waals surface area contributed by atoms with Gasteiger partial charge >= 0.3 is 5.97 Å². The zero-order valence-corrected chi connectivity index (χ0v) is 9.72. The maximum atomic E-state index is 10.9. The van der Waals surface area contributed by atoms with Crippen molar-refractivity contribution in [2.45, 2.75) is 6.92 Å². The molecule has 0 aliphatic heterocycles. The van der Waals surface area contributed by atoms with Crippen LogP contribution in [0.2, 0.25) is 0 Å². The second-order valence-electron chi connectivity index (χ2n) is 3.30. The van der Waals surface area contributed by atoms with Gasteiger partial charge in [-0.05, 0) is 19.1 Å². The van der Waals surface area contributed by atoms with Gasteiger partial charge in [-0.25, -0.2) is 4.79 Å². The van der Waals surface area contributed by atoms with E-state index in [-0.39, 0.29) is 5.97 Å². The van der Waals surface area contributed by atoms with Gasteiger partial charge in [0.1, 0.15) is 0 Å². The summed E-state index contributed by atoms with van der Waals surface area (Å²) in [5.74, 6) is -0.316. The van der Waals surface area contributed by atoms with Gasteiger partial charge in [0.25, 0.3) is 0 Å². The summed E-state index contributed by atoms with van der Waals surface area (Å²) in [6.07, 6.45) is 3.26. The van der Waals surface area contributed by atoms with Crippen LogP contribution in [0.1, 0.15) is 6.92 Å². The monoisotopic (exact) mass is 219 g/mol. The molecule has 3 heteroatoms. The Morgan fingerprint density at radius 2 is 2.06 bits per heavy atom. The van der Waals surface area contributed by atoms with Gasteiger partial charge in [0, 0.05) is 24.9 Å². The third kappa shape index (κ3) is 3.77. The average molecular weight is 219 g/mol. The lowest BCUT2D eigenvalue weighted by molar-refractivity contribution is -0.134. The Morgan fingerprint density at radius 1 is 1.38 bits per heavy atom. The molecule has 0 bridgehead atoms. The van der Waals surface area contributed by atoms with Crippen molar-refractivity contribution in [3.05, 3.63) is 42.5 Å². The highest BCUT2D eigenvalue weighted by atomic mass is 16.5. The first kappa shape index (κ1) is 12.3. The van der Waals surface area contributed by atoms with Crippen LogP contribution in [0.5, 0.6) is 0 Å². The molecule has 0 fully saturated rings. The zero-order valence-electron chi connectivity index (χ0n) is 9.72. The molecule has 3 nitrogen and oxygen atoms in total. The highest BCUT2D eigenvalue weighted by molar-refractivity contribution is 5.81. The number of likely N-dealkylation sites (N-methyl/N-ethyl adjacent to an activating group) is 1. The van der Waals surface area contributed by atoms with E-state index in [1.807, 2.05) is 24.3 Å². The molecule has 0 heterocycles. The van der Waals surface area contributed by atoms with E-state index in [2.05, 4.69) is 28.7 Å². The van der Waals surface area contributed by atoms with Crippen molar-refractivity contribution in [2.24, 2.45) is 0 Å². The molecular formula is C13H17NO2. The number of para-hydroxylation sites is 1. The van der Waals surface area contributed by atoms with Crippen LogP contribution in [0.15, 0.2) is 42.5 Å². The van der Waals surface area contributed by atoms with Crippen molar-refractivity contribution < 1.29 is 9.53 Å². The fourth-order valence-electron chi connectivity index (χ4n) is 1.40. The van der Waals surface area contributed by atoms with Crippen LogP contribution in [0.4, 0.5) is 5.69 Å². The predicted molar refractivity (Wildman–Crippen MR) is 65.5 cm³/mol. The van der Waals surface area contributed by atoms with Crippen molar-refractivity contribution >= 4 is 11.7 Å². The lowest BCUT2D eigenvalue weighted by Gasteiger charge is -2.20. The molecule has 0 amide bonds. The fourth-order valence-corrected chi connectivity index (χ4v) is 1.40. The van der Waals surface area contributed by atoms with E-state index in [0.717, 1.165) is 12.2 Å². The highest BCUT2D eigenvalue weighted by Gasteiger charge is 2.00. The van der Waals surface area contributed by atoms with E-state index in [9.17, 15) is 4.79 Å². The van der Waals surface area contributed by atoms with Gasteiger partial charge in [0.2, 0.25) is 0 Å². The number of esters is 1. The summed E-state index contributed by atoms with van der Waals surface area (Å²) in [5, 5.41) is 0. The molecule has 86 valence electrons. The van der Waals surface area contributed by atoms with E-state index in [4.69, 9.17) is 0 Å². The van der Waals surface area contributed by atoms with Crippen molar-refractivity contribution in [3.8, 4) is 0 Å². The number of ether oxygens (including phenoxy) is 1. The normalized spacial score (nSPS) is 10.4. The average Bonchev–Trinajstić information content (AvgIpc) is 2.35. The van der Waals surface area contributed by atoms with Gasteiger partial charge in [-0.2, -0.15) is 0 Å². The molecule has 0 aliphatic carbocycles. The van der Waals surface area contributed by atoms with Crippen LogP contribution in [0.25, 0.3) is 0 Å². The summed E-state index contributed by atoms with van der Waals surface area (Å²) in [5.41, 5.74) is 1.15. The van der Waals surface area contributed by atoms with Gasteiger partial charge in [-0.3, -0.25) is 0 Å². The lowest BCUT2D eigenvalue weighted by Crippen LogP contribution is -2.22. The van der Waals surface area contributed by atoms with Crippen molar-refractivity contribution in [1.29, 1.82) is 0 Å². The van der Waals surface area contributed by atoms with Crippen molar-refractivity contribution in [1.82, 2.24) is 0 Å². The molecule has 0 atom stereocenters. The molecule has 16 heavy (non-hydrogen) atoms. The van der Waals surface area contributed by atoms with Crippen molar-refractivity contribution in [2.75, 3.05) is 25.1 Å². The molecule has 1 aromatic rings. The third-order valence-electron chi connectivity index (χ3n) is 2.28. The van der Waals surface area contributed by atoms with E-state index in [1.54, 1.807) is 0 Å². The smallest absolute Gasteiger partial charge is 0.330 e. The van der Waals surface area contributed by atoms with Crippen LogP contribution < -0.4 is 4.90 Å². The number of hydrogen-bond donors (Lipinski definition) is 0. The number of methoxy groups -OCH3 is 1. The van der Waals surface area contributed by atoms with Crippen molar-refractivity contribution in [3.63, 3.8) is 0 Å². The van der Waals surface area contributed by atoms with Gasteiger partial charge in [-0.15, -0.1) is 0 Å². The molecular weight excluding hydrogens is 202 g/mol. The molecule has 0 aliphatic rings. The SMILES string of the molecule is CCN(CC=CC(=O)OC)c1ccccc1. The minimum absolute atomic E-state index is 0.316. The summed E-state index contributed by atoms with van der Waals surface area (Å²) in [6, 6.07) is 10.1. The molecule has 0 saturated carbocycles. The Kier molecular flexibility index (Phi) is 5.12. The van der Waals surface area contributed by atoms with Gasteiger partial charge in [0.15, 0.2) is 0 Å². The maximum absolute atomic E-state index is 10.9. The summed E-state index contributed by atoms with van der Waals surface area (Å²) in [7, 11) is 1.38. The van der Waals surface area contributed by atoms with E-state index in [0.29, 0.717) is 6.54 Å². The number of nitrogens with zero attached hydrogens (tertiary/aromatic N) is 1. The summed E-state index contributed by atoms with van der Waals surface area (Å²) in [6.45, 7) is 3.68. The first-order valence-electron chi connectivity index (χ1n) is 5.32. The maximum Gasteiger partial charge on any atom is 0.330 e. The standard InChI is InChI=1S/C13H17NO2/c1-3-14(11-7-10-13(15)16-2)12-8-5-4-6-9-12/h4-10H,3,11H2,1-2H3. The molecule has 0 unspecified atom stereocenters. The Hall–Kier alpha value is -1.77. The molecule has 0 radical (unpaired) electrons. The highest BCUT2D eigenvalue weighted by Crippen LogP contribution is 2.12. The van der Waals surface area contributed by atoms with Crippen LogP contribution in [0, 0.1) is 0 Å². The first-order valence-corrected chi connectivity index (χ1v) is 5.32. The second kappa shape index (κ2) is 6.67. The van der Waals surface area contributed by atoms with Gasteiger partial charge in [0.05, 0.1) is 7.11 Å². The van der Waals surface area contributed by atoms with Crippen LogP contribution in [0.3, 0.4) is 0 Å². The topological polar surface area (TPSA) is 29.5 Å². The number of benzene rings is 1. The number of anilines is 1. The summed E-state index contributed by atoms with van der Waals surface area (Å²) >= 11 is 0. The summed E-state index contributed by atoms with van der Waals surface area (Å²) < 4.78 is 4.53. The second-order valence-corrected chi connectivity index (χ2v) is 3.30. The Labute approximate surface area is 96.3 Å². The van der Waals surface area contributed by atoms with E-state index >= 15 is 0 Å². The molecule has 0 saturated heterocycles. The first-order chi connectivity index (χ1) is 7.77. The molecule has 0 N–H and O–H groups in total. The van der Waals surface area contributed by atoms with Gasteiger partial charge < -0.3 is 9.64 Å². The minimum atomic E-state index is -0.316. The van der Waals surface area contributed by atoms with Crippen LogP contribution in [-0.4, -0.2) is 26.2 Å².